The van der Waals surface area contributed by atoms with E-state index in [1.54, 1.807) is 0 Å². The van der Waals surface area contributed by atoms with Crippen LogP contribution in [0.2, 0.25) is 0 Å². The van der Waals surface area contributed by atoms with E-state index in [0.717, 1.165) is 30.7 Å². The average molecular weight is 261 g/mol. The molecule has 1 aromatic heterocycles. The van der Waals surface area contributed by atoms with Crippen LogP contribution < -0.4 is 5.32 Å². The molecule has 2 N–H and O–H groups in total. The molecule has 4 nitrogen and oxygen atoms in total. The molecule has 1 heterocycles. The minimum atomic E-state index is 0.124. The van der Waals surface area contributed by atoms with Crippen LogP contribution in [-0.4, -0.2) is 22.1 Å². The lowest BCUT2D eigenvalue weighted by Crippen LogP contribution is -2.34. The molecule has 1 aliphatic rings. The van der Waals surface area contributed by atoms with Crippen molar-refractivity contribution in [3.8, 4) is 0 Å². The fraction of sp³-hybridized carbons (Fsp3) is 0.600. The quantitative estimate of drug-likeness (QED) is 0.801. The maximum absolute atomic E-state index is 11.9. The van der Waals surface area contributed by atoms with Gasteiger partial charge in [0.05, 0.1) is 5.69 Å². The number of rotatable bonds is 5. The summed E-state index contributed by atoms with van der Waals surface area (Å²) >= 11 is 0. The normalized spacial score (nSPS) is 16.8. The number of nitrogens with zero attached hydrogens (tertiary/aromatic N) is 1. The fourth-order valence-corrected chi connectivity index (χ4v) is 2.54. The minimum absolute atomic E-state index is 0.124. The first kappa shape index (κ1) is 13.8. The van der Waals surface area contributed by atoms with E-state index in [0.29, 0.717) is 6.42 Å². The summed E-state index contributed by atoms with van der Waals surface area (Å²) in [4.78, 5) is 11.9. The Hall–Kier alpha value is -1.58. The maximum atomic E-state index is 11.9. The molecule has 0 bridgehead atoms. The van der Waals surface area contributed by atoms with Crippen molar-refractivity contribution in [3.63, 3.8) is 0 Å². The topological polar surface area (TPSA) is 57.8 Å². The number of nitrogens with one attached hydrogen (secondary N) is 2. The Balaban J connectivity index is 1.76. The van der Waals surface area contributed by atoms with Crippen molar-refractivity contribution >= 4 is 5.91 Å². The van der Waals surface area contributed by atoms with Crippen molar-refractivity contribution in [1.82, 2.24) is 15.5 Å². The third kappa shape index (κ3) is 4.54. The van der Waals surface area contributed by atoms with Gasteiger partial charge in [0.15, 0.2) is 0 Å². The minimum Gasteiger partial charge on any atom is -0.353 e. The van der Waals surface area contributed by atoms with Gasteiger partial charge in [0, 0.05) is 24.6 Å². The molecule has 1 aromatic rings. The van der Waals surface area contributed by atoms with Gasteiger partial charge in [0.25, 0.3) is 0 Å². The number of aromatic nitrogens is 2. The highest BCUT2D eigenvalue weighted by Gasteiger charge is 2.12. The van der Waals surface area contributed by atoms with E-state index in [9.17, 15) is 4.79 Å². The molecule has 0 saturated carbocycles. The number of aromatic amines is 1. The molecule has 0 fully saturated rings. The van der Waals surface area contributed by atoms with Crippen LogP contribution in [0.15, 0.2) is 17.7 Å². The number of aryl methyl sites for hydroxylation is 1. The third-order valence-corrected chi connectivity index (χ3v) is 3.45. The second kappa shape index (κ2) is 6.55. The summed E-state index contributed by atoms with van der Waals surface area (Å²) in [5.74, 6) is 0.132. The van der Waals surface area contributed by atoms with Crippen LogP contribution in [0.4, 0.5) is 0 Å². The Kier molecular flexibility index (Phi) is 4.77. The molecule has 104 valence electrons. The molecular formula is C15H23N3O. The Labute approximate surface area is 114 Å². The Morgan fingerprint density at radius 1 is 1.53 bits per heavy atom. The van der Waals surface area contributed by atoms with Crippen molar-refractivity contribution in [2.45, 2.75) is 58.4 Å². The molecule has 0 saturated heterocycles. The summed E-state index contributed by atoms with van der Waals surface area (Å²) in [5.41, 5.74) is 3.36. The highest BCUT2D eigenvalue weighted by molar-refractivity contribution is 5.78. The summed E-state index contributed by atoms with van der Waals surface area (Å²) in [6.45, 7) is 4.01. The zero-order chi connectivity index (χ0) is 13.7. The molecule has 1 aliphatic carbocycles. The molecule has 1 amide bonds. The predicted molar refractivity (Wildman–Crippen MR) is 75.8 cm³/mol. The number of hydrogen-bond acceptors (Lipinski definition) is 2. The van der Waals surface area contributed by atoms with Gasteiger partial charge in [0.2, 0.25) is 5.91 Å². The first-order valence-corrected chi connectivity index (χ1v) is 7.11. The third-order valence-electron chi connectivity index (χ3n) is 3.45. The lowest BCUT2D eigenvalue weighted by atomic mass is 9.97. The summed E-state index contributed by atoms with van der Waals surface area (Å²) in [6, 6.07) is 2.14. The zero-order valence-corrected chi connectivity index (χ0v) is 11.8. The molecule has 1 unspecified atom stereocenters. The number of amides is 1. The molecular weight excluding hydrogens is 238 g/mol. The van der Waals surface area contributed by atoms with E-state index in [2.05, 4.69) is 21.6 Å². The smallest absolute Gasteiger partial charge is 0.224 e. The summed E-state index contributed by atoms with van der Waals surface area (Å²) in [6.07, 6.45) is 8.26. The van der Waals surface area contributed by atoms with E-state index in [-0.39, 0.29) is 11.9 Å². The van der Waals surface area contributed by atoms with Crippen molar-refractivity contribution in [2.75, 3.05) is 0 Å². The Morgan fingerprint density at radius 2 is 2.37 bits per heavy atom. The largest absolute Gasteiger partial charge is 0.353 e. The van der Waals surface area contributed by atoms with Gasteiger partial charge in [0.1, 0.15) is 0 Å². The molecule has 0 aliphatic heterocycles. The molecule has 0 radical (unpaired) electrons. The van der Waals surface area contributed by atoms with Crippen LogP contribution >= 0.6 is 0 Å². The molecule has 1 atom stereocenters. The number of H-pyrrole nitrogens is 1. The molecule has 4 heteroatoms. The van der Waals surface area contributed by atoms with Crippen molar-refractivity contribution in [1.29, 1.82) is 0 Å². The van der Waals surface area contributed by atoms with Crippen LogP contribution in [0, 0.1) is 6.92 Å². The van der Waals surface area contributed by atoms with Crippen molar-refractivity contribution < 1.29 is 4.79 Å². The van der Waals surface area contributed by atoms with Crippen molar-refractivity contribution in [3.05, 3.63) is 29.1 Å². The second-order valence-electron chi connectivity index (χ2n) is 5.50. The summed E-state index contributed by atoms with van der Waals surface area (Å²) in [7, 11) is 0. The van der Waals surface area contributed by atoms with Gasteiger partial charge in [-0.05, 0) is 45.6 Å². The standard InChI is InChI=1S/C15H23N3O/c1-11(8-14-9-12(2)17-18-14)16-15(19)10-13-6-4-3-5-7-13/h6,9,11H,3-5,7-8,10H2,1-2H3,(H,16,19)(H,17,18). The van der Waals surface area contributed by atoms with Gasteiger partial charge in [-0.2, -0.15) is 5.10 Å². The van der Waals surface area contributed by atoms with Crippen LogP contribution in [0.25, 0.3) is 0 Å². The Morgan fingerprint density at radius 3 is 3.00 bits per heavy atom. The van der Waals surface area contributed by atoms with Gasteiger partial charge < -0.3 is 5.32 Å². The lowest BCUT2D eigenvalue weighted by Gasteiger charge is -2.15. The number of carbonyl (C=O) groups is 1. The second-order valence-corrected chi connectivity index (χ2v) is 5.50. The molecule has 2 rings (SSSR count). The molecule has 19 heavy (non-hydrogen) atoms. The predicted octanol–water partition coefficient (Wildman–Crippen LogP) is 2.66. The van der Waals surface area contributed by atoms with E-state index in [1.807, 2.05) is 19.9 Å². The van der Waals surface area contributed by atoms with Gasteiger partial charge in [-0.1, -0.05) is 11.6 Å². The zero-order valence-electron chi connectivity index (χ0n) is 11.8. The number of hydrogen-bond donors (Lipinski definition) is 2. The number of carbonyl (C=O) groups excluding carboxylic acids is 1. The van der Waals surface area contributed by atoms with Gasteiger partial charge in [-0.25, -0.2) is 0 Å². The van der Waals surface area contributed by atoms with Gasteiger partial charge in [-0.3, -0.25) is 9.89 Å². The van der Waals surface area contributed by atoms with Crippen LogP contribution in [0.3, 0.4) is 0 Å². The van der Waals surface area contributed by atoms with E-state index in [4.69, 9.17) is 0 Å². The first-order chi connectivity index (χ1) is 9.13. The van der Waals surface area contributed by atoms with E-state index >= 15 is 0 Å². The average Bonchev–Trinajstić information content (AvgIpc) is 2.75. The van der Waals surface area contributed by atoms with Crippen LogP contribution in [0.5, 0.6) is 0 Å². The lowest BCUT2D eigenvalue weighted by molar-refractivity contribution is -0.121. The van der Waals surface area contributed by atoms with E-state index in [1.165, 1.54) is 18.4 Å². The number of allylic oxidation sites excluding steroid dienone is 1. The van der Waals surface area contributed by atoms with Crippen LogP contribution in [-0.2, 0) is 11.2 Å². The fourth-order valence-electron chi connectivity index (χ4n) is 2.54. The highest BCUT2D eigenvalue weighted by atomic mass is 16.1. The maximum Gasteiger partial charge on any atom is 0.224 e. The van der Waals surface area contributed by atoms with Crippen molar-refractivity contribution in [2.24, 2.45) is 0 Å². The summed E-state index contributed by atoms with van der Waals surface area (Å²) in [5, 5.41) is 10.2. The first-order valence-electron chi connectivity index (χ1n) is 7.11. The molecule has 0 spiro atoms. The van der Waals surface area contributed by atoms with Crippen LogP contribution in [0.1, 0.15) is 50.4 Å². The summed E-state index contributed by atoms with van der Waals surface area (Å²) < 4.78 is 0. The monoisotopic (exact) mass is 261 g/mol. The SMILES string of the molecule is Cc1cc(CC(C)NC(=O)CC2=CCCCC2)n[nH]1. The van der Waals surface area contributed by atoms with E-state index < -0.39 is 0 Å². The Bertz CT molecular complexity index is 462. The highest BCUT2D eigenvalue weighted by Crippen LogP contribution is 2.19. The van der Waals surface area contributed by atoms with Gasteiger partial charge >= 0.3 is 0 Å². The molecule has 0 aromatic carbocycles. The van der Waals surface area contributed by atoms with Gasteiger partial charge in [-0.15, -0.1) is 0 Å².